The van der Waals surface area contributed by atoms with Crippen LogP contribution >= 0.6 is 0 Å². The first kappa shape index (κ1) is 17.4. The molecule has 1 unspecified atom stereocenters. The van der Waals surface area contributed by atoms with Gasteiger partial charge in [-0.2, -0.15) is 5.10 Å². The number of carbonyl (C=O) groups excluding carboxylic acids is 1. The van der Waals surface area contributed by atoms with Crippen LogP contribution < -0.4 is 15.5 Å². The summed E-state index contributed by atoms with van der Waals surface area (Å²) in [5.41, 5.74) is 2.35. The summed E-state index contributed by atoms with van der Waals surface area (Å²) in [5.74, 6) is 0.929. The van der Waals surface area contributed by atoms with Crippen LogP contribution in [0.2, 0.25) is 0 Å². The minimum atomic E-state index is 0.0277. The molecule has 0 radical (unpaired) electrons. The highest BCUT2D eigenvalue weighted by molar-refractivity contribution is 5.78. The number of aryl methyl sites for hydroxylation is 1. The van der Waals surface area contributed by atoms with Crippen molar-refractivity contribution < 1.29 is 4.79 Å². The Hall–Kier alpha value is -2.47. The number of aromatic nitrogens is 2. The molecule has 132 valence electrons. The van der Waals surface area contributed by atoms with Crippen LogP contribution in [0.5, 0.6) is 0 Å². The molecule has 1 fully saturated rings. The van der Waals surface area contributed by atoms with Crippen LogP contribution in [-0.2, 0) is 11.3 Å². The lowest BCUT2D eigenvalue weighted by molar-refractivity contribution is -0.120. The quantitative estimate of drug-likeness (QED) is 0.838. The average molecular weight is 339 g/mol. The van der Waals surface area contributed by atoms with Crippen molar-refractivity contribution in [3.05, 3.63) is 53.7 Å². The van der Waals surface area contributed by atoms with Gasteiger partial charge in [-0.05, 0) is 43.0 Å². The van der Waals surface area contributed by atoms with E-state index in [-0.39, 0.29) is 5.91 Å². The van der Waals surface area contributed by atoms with Crippen LogP contribution in [0.3, 0.4) is 0 Å². The first-order valence-electron chi connectivity index (χ1n) is 8.79. The summed E-state index contributed by atoms with van der Waals surface area (Å²) in [6.45, 7) is 4.80. The molecule has 0 spiro atoms. The Balaban J connectivity index is 1.43. The van der Waals surface area contributed by atoms with Crippen LogP contribution in [0, 0.1) is 6.92 Å². The van der Waals surface area contributed by atoms with E-state index in [4.69, 9.17) is 0 Å². The second-order valence-corrected chi connectivity index (χ2v) is 6.45. The highest BCUT2D eigenvalue weighted by Gasteiger charge is 2.21. The largest absolute Gasteiger partial charge is 0.354 e. The number of nitrogens with one attached hydrogen (secondary N) is 2. The van der Waals surface area contributed by atoms with Gasteiger partial charge in [0.05, 0.1) is 6.54 Å². The molecule has 1 saturated heterocycles. The molecule has 1 aliphatic rings. The maximum Gasteiger partial charge on any atom is 0.234 e. The highest BCUT2D eigenvalue weighted by Crippen LogP contribution is 2.16. The minimum absolute atomic E-state index is 0.0277. The Kier molecular flexibility index (Phi) is 5.95. The van der Waals surface area contributed by atoms with Crippen LogP contribution in [0.25, 0.3) is 0 Å². The van der Waals surface area contributed by atoms with E-state index in [2.05, 4.69) is 38.7 Å². The molecule has 2 N–H and O–H groups in total. The molecule has 1 aromatic carbocycles. The van der Waals surface area contributed by atoms with E-state index in [1.165, 1.54) is 5.56 Å². The monoisotopic (exact) mass is 339 g/mol. The molecule has 6 nitrogen and oxygen atoms in total. The molecule has 6 heteroatoms. The van der Waals surface area contributed by atoms with Gasteiger partial charge in [0.2, 0.25) is 5.91 Å². The van der Waals surface area contributed by atoms with Gasteiger partial charge in [0, 0.05) is 31.9 Å². The average Bonchev–Trinajstić information content (AvgIpc) is 2.67. The van der Waals surface area contributed by atoms with E-state index in [1.807, 2.05) is 30.3 Å². The van der Waals surface area contributed by atoms with E-state index in [1.54, 1.807) is 6.20 Å². The SMILES string of the molecule is Cc1ccccc1CNC(=O)CNC1CCCN(c2cccnn2)C1. The standard InChI is InChI=1S/C19H25N5O/c1-15-6-2-3-7-16(15)12-21-19(25)13-20-17-8-5-11-24(14-17)18-9-4-10-22-23-18/h2-4,6-7,9-10,17,20H,5,8,11-14H2,1H3,(H,21,25). The molecule has 0 saturated carbocycles. The van der Waals surface area contributed by atoms with Gasteiger partial charge in [-0.15, -0.1) is 5.10 Å². The predicted octanol–water partition coefficient (Wildman–Crippen LogP) is 1.66. The van der Waals surface area contributed by atoms with E-state index >= 15 is 0 Å². The highest BCUT2D eigenvalue weighted by atomic mass is 16.1. The summed E-state index contributed by atoms with van der Waals surface area (Å²) < 4.78 is 0. The molecular weight excluding hydrogens is 314 g/mol. The third-order valence-corrected chi connectivity index (χ3v) is 4.59. The Morgan fingerprint density at radius 1 is 1.28 bits per heavy atom. The van der Waals surface area contributed by atoms with Gasteiger partial charge in [-0.25, -0.2) is 0 Å². The van der Waals surface area contributed by atoms with Crippen molar-refractivity contribution >= 4 is 11.7 Å². The van der Waals surface area contributed by atoms with E-state index < -0.39 is 0 Å². The Labute approximate surface area is 148 Å². The molecule has 2 heterocycles. The molecule has 0 aliphatic carbocycles. The third kappa shape index (κ3) is 5.00. The van der Waals surface area contributed by atoms with Crippen LogP contribution in [-0.4, -0.2) is 41.8 Å². The van der Waals surface area contributed by atoms with Crippen LogP contribution in [0.15, 0.2) is 42.6 Å². The molecule has 1 aromatic heterocycles. The smallest absolute Gasteiger partial charge is 0.234 e. The fourth-order valence-electron chi connectivity index (χ4n) is 3.12. The second kappa shape index (κ2) is 8.58. The van der Waals surface area contributed by atoms with Gasteiger partial charge >= 0.3 is 0 Å². The van der Waals surface area contributed by atoms with Crippen molar-refractivity contribution in [2.45, 2.75) is 32.4 Å². The maximum absolute atomic E-state index is 12.1. The lowest BCUT2D eigenvalue weighted by Gasteiger charge is -2.33. The predicted molar refractivity (Wildman–Crippen MR) is 98.3 cm³/mol. The molecule has 1 amide bonds. The molecule has 1 aliphatic heterocycles. The van der Waals surface area contributed by atoms with E-state index in [0.29, 0.717) is 19.1 Å². The van der Waals surface area contributed by atoms with E-state index in [0.717, 1.165) is 37.3 Å². The lowest BCUT2D eigenvalue weighted by Crippen LogP contribution is -2.48. The van der Waals surface area contributed by atoms with Crippen LogP contribution in [0.4, 0.5) is 5.82 Å². The first-order chi connectivity index (χ1) is 12.2. The summed E-state index contributed by atoms with van der Waals surface area (Å²) in [6, 6.07) is 12.3. The number of benzene rings is 1. The Morgan fingerprint density at radius 3 is 2.96 bits per heavy atom. The Bertz CT molecular complexity index is 691. The van der Waals surface area contributed by atoms with Gasteiger partial charge in [0.1, 0.15) is 0 Å². The molecule has 2 aromatic rings. The lowest BCUT2D eigenvalue weighted by atomic mass is 10.1. The molecule has 3 rings (SSSR count). The zero-order valence-corrected chi connectivity index (χ0v) is 14.6. The van der Waals surface area contributed by atoms with Crippen LogP contribution in [0.1, 0.15) is 24.0 Å². The zero-order chi connectivity index (χ0) is 17.5. The first-order valence-corrected chi connectivity index (χ1v) is 8.79. The Morgan fingerprint density at radius 2 is 2.16 bits per heavy atom. The molecule has 0 bridgehead atoms. The summed E-state index contributed by atoms with van der Waals surface area (Å²) in [4.78, 5) is 14.3. The number of amides is 1. The molecular formula is C19H25N5O. The number of anilines is 1. The van der Waals surface area contributed by atoms with Crippen molar-refractivity contribution in [1.82, 2.24) is 20.8 Å². The number of piperidine rings is 1. The number of hydrogen-bond donors (Lipinski definition) is 2. The summed E-state index contributed by atoms with van der Waals surface area (Å²) in [6.07, 6.45) is 3.84. The second-order valence-electron chi connectivity index (χ2n) is 6.45. The van der Waals surface area contributed by atoms with Gasteiger partial charge < -0.3 is 15.5 Å². The van der Waals surface area contributed by atoms with Gasteiger partial charge in [-0.3, -0.25) is 4.79 Å². The number of rotatable bonds is 6. The van der Waals surface area contributed by atoms with Crippen molar-refractivity contribution in [3.8, 4) is 0 Å². The zero-order valence-electron chi connectivity index (χ0n) is 14.6. The molecule has 25 heavy (non-hydrogen) atoms. The third-order valence-electron chi connectivity index (χ3n) is 4.59. The normalized spacial score (nSPS) is 17.3. The summed E-state index contributed by atoms with van der Waals surface area (Å²) in [5, 5.41) is 14.5. The minimum Gasteiger partial charge on any atom is -0.354 e. The fraction of sp³-hybridized carbons (Fsp3) is 0.421. The van der Waals surface area contributed by atoms with Crippen molar-refractivity contribution in [1.29, 1.82) is 0 Å². The van der Waals surface area contributed by atoms with E-state index in [9.17, 15) is 4.79 Å². The summed E-state index contributed by atoms with van der Waals surface area (Å²) >= 11 is 0. The topological polar surface area (TPSA) is 70.2 Å². The fourth-order valence-corrected chi connectivity index (χ4v) is 3.12. The van der Waals surface area contributed by atoms with Crippen molar-refractivity contribution in [3.63, 3.8) is 0 Å². The number of hydrogen-bond acceptors (Lipinski definition) is 5. The van der Waals surface area contributed by atoms with Gasteiger partial charge in [0.25, 0.3) is 0 Å². The van der Waals surface area contributed by atoms with Gasteiger partial charge in [-0.1, -0.05) is 24.3 Å². The maximum atomic E-state index is 12.1. The summed E-state index contributed by atoms with van der Waals surface area (Å²) in [7, 11) is 0. The van der Waals surface area contributed by atoms with Crippen molar-refractivity contribution in [2.75, 3.05) is 24.5 Å². The van der Waals surface area contributed by atoms with Gasteiger partial charge in [0.15, 0.2) is 5.82 Å². The molecule has 1 atom stereocenters. The number of nitrogens with zero attached hydrogens (tertiary/aromatic N) is 3. The number of carbonyl (C=O) groups is 1. The van der Waals surface area contributed by atoms with Crippen molar-refractivity contribution in [2.24, 2.45) is 0 Å².